The molecule has 0 atom stereocenters. The Morgan fingerprint density at radius 2 is 1.86 bits per heavy atom. The van der Waals surface area contributed by atoms with Crippen LogP contribution >= 0.6 is 11.8 Å². The Balaban J connectivity index is 1.53. The molecule has 150 valence electrons. The number of nitrogens with one attached hydrogen (secondary N) is 2. The third-order valence-electron chi connectivity index (χ3n) is 6.02. The molecule has 1 fully saturated rings. The minimum Gasteiger partial charge on any atom is -0.337 e. The highest BCUT2D eigenvalue weighted by molar-refractivity contribution is 7.98. The molecule has 3 aromatic rings. The Labute approximate surface area is 176 Å². The molecule has 1 saturated carbocycles. The molecule has 0 bridgehead atoms. The van der Waals surface area contributed by atoms with Crippen LogP contribution in [0, 0.1) is 6.92 Å². The molecule has 0 radical (unpaired) electrons. The number of urea groups is 1. The van der Waals surface area contributed by atoms with Crippen molar-refractivity contribution in [3.05, 3.63) is 65.9 Å². The van der Waals surface area contributed by atoms with Gasteiger partial charge in [-0.05, 0) is 55.9 Å². The predicted molar refractivity (Wildman–Crippen MR) is 122 cm³/mol. The van der Waals surface area contributed by atoms with E-state index in [9.17, 15) is 4.79 Å². The number of carbonyl (C=O) groups is 1. The number of anilines is 1. The molecule has 5 heteroatoms. The van der Waals surface area contributed by atoms with Crippen molar-refractivity contribution in [2.24, 2.45) is 0 Å². The lowest BCUT2D eigenvalue weighted by Crippen LogP contribution is -2.41. The summed E-state index contributed by atoms with van der Waals surface area (Å²) >= 11 is 1.62. The molecule has 1 aliphatic carbocycles. The van der Waals surface area contributed by atoms with Crippen LogP contribution in [0.5, 0.6) is 0 Å². The Kier molecular flexibility index (Phi) is 5.76. The molecular formula is C24H27N3OS. The van der Waals surface area contributed by atoms with Gasteiger partial charge in [-0.15, -0.1) is 11.8 Å². The summed E-state index contributed by atoms with van der Waals surface area (Å²) in [6, 6.07) is 16.5. The van der Waals surface area contributed by atoms with Crippen LogP contribution in [-0.2, 0) is 5.41 Å². The van der Waals surface area contributed by atoms with E-state index in [1.165, 1.54) is 24.0 Å². The van der Waals surface area contributed by atoms with Gasteiger partial charge in [-0.1, -0.05) is 42.7 Å². The maximum absolute atomic E-state index is 12.9. The molecule has 0 unspecified atom stereocenters. The fourth-order valence-electron chi connectivity index (χ4n) is 4.37. The van der Waals surface area contributed by atoms with E-state index in [0.717, 1.165) is 34.3 Å². The van der Waals surface area contributed by atoms with Gasteiger partial charge >= 0.3 is 6.03 Å². The first-order valence-corrected chi connectivity index (χ1v) is 11.4. The summed E-state index contributed by atoms with van der Waals surface area (Å²) in [5, 5.41) is 7.22. The highest BCUT2D eigenvalue weighted by Gasteiger charge is 2.35. The Hall–Kier alpha value is -2.53. The number of thioether (sulfide) groups is 1. The quantitative estimate of drug-likeness (QED) is 0.520. The molecule has 0 aliphatic heterocycles. The first-order chi connectivity index (χ1) is 14.1. The van der Waals surface area contributed by atoms with Gasteiger partial charge in [-0.25, -0.2) is 4.79 Å². The van der Waals surface area contributed by atoms with Crippen molar-refractivity contribution in [3.8, 4) is 0 Å². The number of amides is 2. The van der Waals surface area contributed by atoms with E-state index in [4.69, 9.17) is 0 Å². The number of benzene rings is 2. The molecule has 0 saturated heterocycles. The topological polar surface area (TPSA) is 54.0 Å². The lowest BCUT2D eigenvalue weighted by atomic mass is 9.78. The van der Waals surface area contributed by atoms with Crippen LogP contribution in [0.1, 0.15) is 36.8 Å². The standard InChI is InChI=1S/C24H27N3OS/c1-17-7-9-18(10-8-17)24(13-3-4-14-24)16-26-23(28)27-22-19-6-5-15-25-20(19)11-12-21(22)29-2/h5-12,15H,3-4,13-14,16H2,1-2H3,(H2,26,27,28). The van der Waals surface area contributed by atoms with Crippen molar-refractivity contribution in [2.75, 3.05) is 18.1 Å². The summed E-state index contributed by atoms with van der Waals surface area (Å²) in [7, 11) is 0. The summed E-state index contributed by atoms with van der Waals surface area (Å²) in [6.45, 7) is 2.76. The Bertz CT molecular complexity index is 1010. The molecule has 4 rings (SSSR count). The fourth-order valence-corrected chi connectivity index (χ4v) is 4.93. The van der Waals surface area contributed by atoms with Crippen molar-refractivity contribution >= 4 is 34.4 Å². The van der Waals surface area contributed by atoms with E-state index in [0.29, 0.717) is 6.54 Å². The molecule has 0 spiro atoms. The van der Waals surface area contributed by atoms with Gasteiger partial charge in [0.25, 0.3) is 0 Å². The lowest BCUT2D eigenvalue weighted by molar-refractivity contribution is 0.248. The highest BCUT2D eigenvalue weighted by Crippen LogP contribution is 2.40. The fraction of sp³-hybridized carbons (Fsp3) is 0.333. The van der Waals surface area contributed by atoms with Gasteiger partial charge in [0.2, 0.25) is 0 Å². The summed E-state index contributed by atoms with van der Waals surface area (Å²) < 4.78 is 0. The van der Waals surface area contributed by atoms with Gasteiger partial charge in [0.15, 0.2) is 0 Å². The average molecular weight is 406 g/mol. The second-order valence-electron chi connectivity index (χ2n) is 7.87. The van der Waals surface area contributed by atoms with Crippen LogP contribution in [0.4, 0.5) is 10.5 Å². The van der Waals surface area contributed by atoms with Crippen LogP contribution in [0.3, 0.4) is 0 Å². The molecule has 4 nitrogen and oxygen atoms in total. The largest absolute Gasteiger partial charge is 0.337 e. The molecule has 1 aromatic heterocycles. The number of rotatable bonds is 5. The van der Waals surface area contributed by atoms with Gasteiger partial charge in [0.05, 0.1) is 11.2 Å². The average Bonchev–Trinajstić information content (AvgIpc) is 3.23. The number of hydrogen-bond donors (Lipinski definition) is 2. The van der Waals surface area contributed by atoms with E-state index < -0.39 is 0 Å². The van der Waals surface area contributed by atoms with Crippen molar-refractivity contribution < 1.29 is 4.79 Å². The van der Waals surface area contributed by atoms with E-state index in [1.807, 2.05) is 30.5 Å². The number of nitrogens with zero attached hydrogens (tertiary/aromatic N) is 1. The van der Waals surface area contributed by atoms with Gasteiger partial charge < -0.3 is 10.6 Å². The third-order valence-corrected chi connectivity index (χ3v) is 6.80. The van der Waals surface area contributed by atoms with E-state index >= 15 is 0 Å². The summed E-state index contributed by atoms with van der Waals surface area (Å²) in [5.41, 5.74) is 4.35. The van der Waals surface area contributed by atoms with E-state index in [-0.39, 0.29) is 11.4 Å². The van der Waals surface area contributed by atoms with Crippen LogP contribution in [0.25, 0.3) is 10.9 Å². The first-order valence-electron chi connectivity index (χ1n) is 10.1. The molecule has 2 N–H and O–H groups in total. The molecule has 1 aliphatic rings. The Morgan fingerprint density at radius 3 is 2.59 bits per heavy atom. The maximum atomic E-state index is 12.9. The SMILES string of the molecule is CSc1ccc2ncccc2c1NC(=O)NCC1(c2ccc(C)cc2)CCCC1. The number of pyridine rings is 1. The van der Waals surface area contributed by atoms with E-state index in [1.54, 1.807) is 18.0 Å². The van der Waals surface area contributed by atoms with Gasteiger partial charge in [-0.3, -0.25) is 4.98 Å². The molecule has 2 amide bonds. The zero-order valence-electron chi connectivity index (χ0n) is 17.0. The van der Waals surface area contributed by atoms with Crippen molar-refractivity contribution in [1.82, 2.24) is 10.3 Å². The molecular weight excluding hydrogens is 378 g/mol. The second kappa shape index (κ2) is 8.46. The van der Waals surface area contributed by atoms with Crippen LogP contribution in [-0.4, -0.2) is 23.8 Å². The zero-order valence-corrected chi connectivity index (χ0v) is 17.8. The van der Waals surface area contributed by atoms with Crippen molar-refractivity contribution in [3.63, 3.8) is 0 Å². The van der Waals surface area contributed by atoms with Gasteiger partial charge in [0.1, 0.15) is 0 Å². The minimum absolute atomic E-state index is 0.0354. The van der Waals surface area contributed by atoms with E-state index in [2.05, 4.69) is 46.8 Å². The minimum atomic E-state index is -0.157. The number of aromatic nitrogens is 1. The normalized spacial score (nSPS) is 15.4. The summed E-state index contributed by atoms with van der Waals surface area (Å²) in [4.78, 5) is 18.3. The zero-order chi connectivity index (χ0) is 20.3. The molecule has 2 aromatic carbocycles. The predicted octanol–water partition coefficient (Wildman–Crippen LogP) is 5.90. The second-order valence-corrected chi connectivity index (χ2v) is 8.72. The van der Waals surface area contributed by atoms with Crippen LogP contribution in [0.15, 0.2) is 59.6 Å². The van der Waals surface area contributed by atoms with Crippen molar-refractivity contribution in [1.29, 1.82) is 0 Å². The molecule has 29 heavy (non-hydrogen) atoms. The maximum Gasteiger partial charge on any atom is 0.319 e. The number of aryl methyl sites for hydroxylation is 1. The first kappa shape index (κ1) is 19.8. The number of fused-ring (bicyclic) bond motifs is 1. The van der Waals surface area contributed by atoms with Gasteiger partial charge in [-0.2, -0.15) is 0 Å². The monoisotopic (exact) mass is 405 g/mol. The molecule has 1 heterocycles. The smallest absolute Gasteiger partial charge is 0.319 e. The highest BCUT2D eigenvalue weighted by atomic mass is 32.2. The number of carbonyl (C=O) groups excluding carboxylic acids is 1. The Morgan fingerprint density at radius 1 is 1.10 bits per heavy atom. The third kappa shape index (κ3) is 4.10. The lowest BCUT2D eigenvalue weighted by Gasteiger charge is -2.30. The van der Waals surface area contributed by atoms with Crippen LogP contribution < -0.4 is 10.6 Å². The van der Waals surface area contributed by atoms with Gasteiger partial charge in [0, 0.05) is 28.4 Å². The number of hydrogen-bond acceptors (Lipinski definition) is 3. The van der Waals surface area contributed by atoms with Crippen LogP contribution in [0.2, 0.25) is 0 Å². The summed E-state index contributed by atoms with van der Waals surface area (Å²) in [6.07, 6.45) is 8.45. The van der Waals surface area contributed by atoms with Crippen molar-refractivity contribution in [2.45, 2.75) is 42.9 Å². The summed E-state index contributed by atoms with van der Waals surface area (Å²) in [5.74, 6) is 0.